The Labute approximate surface area is 365 Å². The molecular weight excluding hydrogens is 795 g/mol. The van der Waals surface area contributed by atoms with Crippen LogP contribution in [0.15, 0.2) is 232 Å². The van der Waals surface area contributed by atoms with Crippen LogP contribution in [0.3, 0.4) is 0 Å². The summed E-state index contributed by atoms with van der Waals surface area (Å²) in [5.41, 5.74) is 7.21. The van der Waals surface area contributed by atoms with Gasteiger partial charge in [-0.2, -0.15) is 0 Å². The summed E-state index contributed by atoms with van der Waals surface area (Å²) in [6.07, 6.45) is 0. The molecule has 8 aromatic carbocycles. The lowest BCUT2D eigenvalue weighted by molar-refractivity contribution is 0.440. The number of fused-ring (bicyclic) bond motifs is 8. The summed E-state index contributed by atoms with van der Waals surface area (Å²) in [5.74, 6) is 5.57. The summed E-state index contributed by atoms with van der Waals surface area (Å²) < 4.78 is 13.7. The van der Waals surface area contributed by atoms with Crippen LogP contribution in [-0.2, 0) is 0 Å². The van der Waals surface area contributed by atoms with Gasteiger partial charge in [0.2, 0.25) is 0 Å². The van der Waals surface area contributed by atoms with Crippen molar-refractivity contribution in [3.05, 3.63) is 212 Å². The van der Waals surface area contributed by atoms with E-state index in [0.29, 0.717) is 23.3 Å². The zero-order valence-electron chi connectivity index (χ0n) is 33.7. The molecule has 7 nitrogen and oxygen atoms in total. The average Bonchev–Trinajstić information content (AvgIpc) is 3.37. The lowest BCUT2D eigenvalue weighted by atomic mass is 10.1. The Balaban J connectivity index is 1.11. The molecule has 2 aliphatic rings. The molecule has 298 valence electrons. The predicted octanol–water partition coefficient (Wildman–Crippen LogP) is 14.2. The summed E-state index contributed by atoms with van der Waals surface area (Å²) in [4.78, 5) is 29.8. The molecule has 12 rings (SSSR count). The van der Waals surface area contributed by atoms with E-state index >= 15 is 0 Å². The van der Waals surface area contributed by atoms with E-state index in [9.17, 15) is 0 Å². The maximum absolute atomic E-state index is 6.87. The number of para-hydroxylation sites is 2. The Morgan fingerprint density at radius 2 is 0.603 bits per heavy atom. The number of hydrogen-bond acceptors (Lipinski definition) is 7. The monoisotopic (exact) mass is 829 g/mol. The summed E-state index contributed by atoms with van der Waals surface area (Å²) >= 11 is 0. The summed E-state index contributed by atoms with van der Waals surface area (Å²) in [6.45, 7) is 0. The van der Waals surface area contributed by atoms with Crippen LogP contribution in [0.2, 0.25) is 0 Å². The van der Waals surface area contributed by atoms with Crippen LogP contribution < -0.4 is 9.47 Å². The van der Waals surface area contributed by atoms with Gasteiger partial charge in [-0.05, 0) is 66.7 Å². The molecular formula is C55H35N5O2S. The van der Waals surface area contributed by atoms with Crippen molar-refractivity contribution in [3.63, 3.8) is 0 Å². The Hall–Kier alpha value is -8.20. The molecule has 63 heavy (non-hydrogen) atoms. The van der Waals surface area contributed by atoms with E-state index in [4.69, 9.17) is 34.4 Å². The smallest absolute Gasteiger partial charge is 0.164 e. The second-order valence-electron chi connectivity index (χ2n) is 15.3. The van der Waals surface area contributed by atoms with Crippen molar-refractivity contribution >= 4 is 10.0 Å². The first kappa shape index (κ1) is 36.6. The number of rotatable bonds is 6. The predicted molar refractivity (Wildman–Crippen MR) is 248 cm³/mol. The van der Waals surface area contributed by atoms with E-state index < -0.39 is 10.0 Å². The van der Waals surface area contributed by atoms with Gasteiger partial charge in [-0.1, -0.05) is 146 Å². The minimum Gasteiger partial charge on any atom is -0.455 e. The van der Waals surface area contributed by atoms with Crippen molar-refractivity contribution in [2.45, 2.75) is 19.6 Å². The van der Waals surface area contributed by atoms with Crippen LogP contribution in [0.5, 0.6) is 23.0 Å². The Bertz CT molecular complexity index is 3010. The molecule has 1 spiro atoms. The van der Waals surface area contributed by atoms with Crippen molar-refractivity contribution in [3.8, 4) is 91.1 Å². The van der Waals surface area contributed by atoms with Crippen LogP contribution in [0.25, 0.3) is 68.1 Å². The number of nitrogens with zero attached hydrogens (tertiary/aromatic N) is 5. The van der Waals surface area contributed by atoms with Gasteiger partial charge in [0.25, 0.3) is 0 Å². The molecule has 4 heterocycles. The normalized spacial score (nSPS) is 15.4. The fourth-order valence-electron chi connectivity index (χ4n) is 8.49. The van der Waals surface area contributed by atoms with Gasteiger partial charge in [-0.3, -0.25) is 0 Å². The Morgan fingerprint density at radius 1 is 0.254 bits per heavy atom. The summed E-state index contributed by atoms with van der Waals surface area (Å²) in [7, 11) is -2.31. The third-order valence-electron chi connectivity index (χ3n) is 11.4. The van der Waals surface area contributed by atoms with Gasteiger partial charge in [0, 0.05) is 53.0 Å². The van der Waals surface area contributed by atoms with Crippen LogP contribution in [0, 0.1) is 0 Å². The lowest BCUT2D eigenvalue weighted by Gasteiger charge is -2.48. The van der Waals surface area contributed by atoms with Gasteiger partial charge < -0.3 is 9.47 Å². The molecule has 2 aliphatic heterocycles. The molecule has 8 heteroatoms. The van der Waals surface area contributed by atoms with Crippen molar-refractivity contribution in [1.82, 2.24) is 24.9 Å². The molecule has 0 fully saturated rings. The maximum atomic E-state index is 6.87. The fourth-order valence-corrected chi connectivity index (χ4v) is 12.7. The highest BCUT2D eigenvalue weighted by Gasteiger charge is 2.47. The largest absolute Gasteiger partial charge is 0.455 e. The third kappa shape index (κ3) is 6.26. The molecule has 0 radical (unpaired) electrons. The zero-order valence-corrected chi connectivity index (χ0v) is 34.5. The van der Waals surface area contributed by atoms with Crippen molar-refractivity contribution in [2.75, 3.05) is 0 Å². The maximum Gasteiger partial charge on any atom is 0.164 e. The molecule has 1 unspecified atom stereocenters. The van der Waals surface area contributed by atoms with Gasteiger partial charge in [0.15, 0.2) is 23.3 Å². The standard InChI is InChI=1S/C55H35N5O2S/c1-5-17-36(18-6-1)42-35-43(57-52(56-42)37-19-7-2-8-20-37)40-29-31-46-50(33-40)63(48-27-15-13-25-44(48)61-46)49-28-16-14-26-45(49)62-47-32-30-41(34-51(47)63)55-59-53(38-21-9-3-10-22-38)58-54(60-55)39-23-11-4-12-24-39/h1-35H. The Kier molecular flexibility index (Phi) is 8.76. The van der Waals surface area contributed by atoms with E-state index in [2.05, 4.69) is 103 Å². The number of hydrogen-bond donors (Lipinski definition) is 0. The minimum atomic E-state index is -2.31. The molecule has 1 atom stereocenters. The summed E-state index contributed by atoms with van der Waals surface area (Å²) in [5, 5.41) is 0. The molecule has 0 saturated carbocycles. The SMILES string of the molecule is c1ccc(-c2cc(-c3ccc4c(c3)S3(c5ccccc5O4)c4ccccc4Oc4ccc(-c5nc(-c6ccccc6)nc(-c6ccccc6)n5)cc43)nc(-c3ccccc3)n2)cc1. The molecule has 0 aliphatic carbocycles. The number of benzene rings is 8. The molecule has 2 aromatic heterocycles. The third-order valence-corrected chi connectivity index (χ3v) is 15.4. The molecule has 0 amide bonds. The second-order valence-corrected chi connectivity index (χ2v) is 18.2. The van der Waals surface area contributed by atoms with E-state index in [0.717, 1.165) is 87.3 Å². The number of aromatic nitrogens is 5. The fraction of sp³-hybridized carbons (Fsp3) is 0. The van der Waals surface area contributed by atoms with Crippen molar-refractivity contribution < 1.29 is 9.47 Å². The minimum absolute atomic E-state index is 0.566. The van der Waals surface area contributed by atoms with Crippen molar-refractivity contribution in [2.24, 2.45) is 0 Å². The van der Waals surface area contributed by atoms with Crippen LogP contribution in [0.1, 0.15) is 0 Å². The molecule has 10 aromatic rings. The number of ether oxygens (including phenoxy) is 2. The first-order chi connectivity index (χ1) is 31.2. The quantitative estimate of drug-likeness (QED) is 0.165. The lowest BCUT2D eigenvalue weighted by Crippen LogP contribution is -2.16. The first-order valence-electron chi connectivity index (χ1n) is 20.7. The van der Waals surface area contributed by atoms with Gasteiger partial charge >= 0.3 is 0 Å². The highest BCUT2D eigenvalue weighted by Crippen LogP contribution is 2.83. The first-order valence-corrected chi connectivity index (χ1v) is 22.4. The van der Waals surface area contributed by atoms with Gasteiger partial charge in [0.1, 0.15) is 23.0 Å². The highest BCUT2D eigenvalue weighted by atomic mass is 32.3. The van der Waals surface area contributed by atoms with Gasteiger partial charge in [-0.25, -0.2) is 24.9 Å². The van der Waals surface area contributed by atoms with Gasteiger partial charge in [0.05, 0.1) is 11.4 Å². The van der Waals surface area contributed by atoms with E-state index in [1.807, 2.05) is 109 Å². The van der Waals surface area contributed by atoms with E-state index in [1.165, 1.54) is 0 Å². The topological polar surface area (TPSA) is 82.9 Å². The van der Waals surface area contributed by atoms with E-state index in [-0.39, 0.29) is 0 Å². The molecule has 0 bridgehead atoms. The van der Waals surface area contributed by atoms with Crippen LogP contribution in [-0.4, -0.2) is 24.9 Å². The molecule has 0 saturated heterocycles. The molecule has 0 N–H and O–H groups in total. The Morgan fingerprint density at radius 3 is 1.10 bits per heavy atom. The highest BCUT2D eigenvalue weighted by molar-refractivity contribution is 8.34. The van der Waals surface area contributed by atoms with Crippen LogP contribution in [0.4, 0.5) is 0 Å². The average molecular weight is 830 g/mol. The van der Waals surface area contributed by atoms with Crippen LogP contribution >= 0.6 is 10.0 Å². The van der Waals surface area contributed by atoms with Gasteiger partial charge in [-0.15, -0.1) is 10.0 Å². The summed E-state index contributed by atoms with van der Waals surface area (Å²) in [6, 6.07) is 72.2. The van der Waals surface area contributed by atoms with Crippen molar-refractivity contribution in [1.29, 1.82) is 0 Å². The van der Waals surface area contributed by atoms with E-state index in [1.54, 1.807) is 0 Å². The second kappa shape index (κ2) is 15.1. The zero-order chi connectivity index (χ0) is 41.7.